The molecule has 1 saturated heterocycles. The number of likely N-dealkylation sites (tertiary alicyclic amines) is 1. The predicted molar refractivity (Wildman–Crippen MR) is 125 cm³/mol. The Bertz CT molecular complexity index is 893. The van der Waals surface area contributed by atoms with Gasteiger partial charge in [0.1, 0.15) is 17.4 Å². The van der Waals surface area contributed by atoms with E-state index in [1.807, 2.05) is 36.4 Å². The van der Waals surface area contributed by atoms with Crippen LogP contribution in [0.1, 0.15) is 25.3 Å². The van der Waals surface area contributed by atoms with Crippen LogP contribution in [-0.4, -0.2) is 36.5 Å². The highest BCUT2D eigenvalue weighted by Crippen LogP contribution is 2.41. The van der Waals surface area contributed by atoms with Gasteiger partial charge in [-0.2, -0.15) is 4.48 Å². The summed E-state index contributed by atoms with van der Waals surface area (Å²) in [4.78, 5) is 15.9. The monoisotopic (exact) mass is 399 g/mol. The minimum Gasteiger partial charge on any atom is -0.303 e. The number of piperidine rings is 1. The van der Waals surface area contributed by atoms with E-state index in [1.165, 1.54) is 5.56 Å². The van der Waals surface area contributed by atoms with Crippen LogP contribution < -0.4 is 4.48 Å². The van der Waals surface area contributed by atoms with Crippen molar-refractivity contribution in [2.45, 2.75) is 32.2 Å². The summed E-state index contributed by atoms with van der Waals surface area (Å²) in [6, 6.07) is 31.6. The van der Waals surface area contributed by atoms with Crippen LogP contribution in [-0.2, 0) is 11.2 Å². The quantitative estimate of drug-likeness (QED) is 0.504. The summed E-state index contributed by atoms with van der Waals surface area (Å²) in [6.45, 7) is 4.89. The largest absolute Gasteiger partial charge is 0.320 e. The number of carbonyl (C=O) groups excluding carboxylic acids is 1. The highest BCUT2D eigenvalue weighted by atomic mass is 16.2. The molecule has 1 aliphatic heterocycles. The van der Waals surface area contributed by atoms with E-state index < -0.39 is 0 Å². The third-order valence-electron chi connectivity index (χ3n) is 6.49. The van der Waals surface area contributed by atoms with Crippen LogP contribution >= 0.6 is 0 Å². The van der Waals surface area contributed by atoms with Crippen LogP contribution in [0.15, 0.2) is 91.0 Å². The molecule has 30 heavy (non-hydrogen) atoms. The minimum absolute atomic E-state index is 0.190. The number of amides is 1. The minimum atomic E-state index is 0.190. The first kappa shape index (κ1) is 20.5. The van der Waals surface area contributed by atoms with E-state index in [2.05, 4.69) is 59.5 Å². The zero-order chi connectivity index (χ0) is 20.8. The molecule has 3 heteroatoms. The summed E-state index contributed by atoms with van der Waals surface area (Å²) in [5, 5.41) is 0. The highest BCUT2D eigenvalue weighted by Gasteiger charge is 2.47. The Balaban J connectivity index is 1.56. The Morgan fingerprint density at radius 3 is 1.73 bits per heavy atom. The van der Waals surface area contributed by atoms with Crippen molar-refractivity contribution in [3.63, 3.8) is 0 Å². The lowest BCUT2D eigenvalue weighted by Crippen LogP contribution is -2.59. The zero-order valence-corrected chi connectivity index (χ0v) is 17.8. The second kappa shape index (κ2) is 9.38. The number of quaternary nitrogens is 1. The Labute approximate surface area is 180 Å². The summed E-state index contributed by atoms with van der Waals surface area (Å²) >= 11 is 0. The molecule has 0 radical (unpaired) electrons. The Morgan fingerprint density at radius 1 is 0.800 bits per heavy atom. The summed E-state index contributed by atoms with van der Waals surface area (Å²) in [5.74, 6) is 0.190. The van der Waals surface area contributed by atoms with Gasteiger partial charge in [-0.1, -0.05) is 66.7 Å². The fourth-order valence-electron chi connectivity index (χ4n) is 4.98. The molecule has 3 aromatic carbocycles. The Hall–Kier alpha value is -2.75. The van der Waals surface area contributed by atoms with Crippen LogP contribution in [0.4, 0.5) is 11.4 Å². The molecule has 154 valence electrons. The molecule has 0 aromatic heterocycles. The molecule has 3 aromatic rings. The fraction of sp³-hybridized carbons (Fsp3) is 0.296. The molecule has 4 rings (SSSR count). The van der Waals surface area contributed by atoms with Crippen molar-refractivity contribution >= 4 is 17.3 Å². The van der Waals surface area contributed by atoms with Gasteiger partial charge in [-0.25, -0.2) is 4.79 Å². The topological polar surface area (TPSA) is 20.3 Å². The van der Waals surface area contributed by atoms with E-state index in [4.69, 9.17) is 0 Å². The maximum absolute atomic E-state index is 13.3. The van der Waals surface area contributed by atoms with E-state index in [0.29, 0.717) is 4.48 Å². The molecule has 1 amide bonds. The predicted octanol–water partition coefficient (Wildman–Crippen LogP) is 5.58. The van der Waals surface area contributed by atoms with Gasteiger partial charge in [-0.05, 0) is 12.0 Å². The number of hydrogen-bond donors (Lipinski definition) is 0. The average Bonchev–Trinajstić information content (AvgIpc) is 2.81. The van der Waals surface area contributed by atoms with Gasteiger partial charge in [-0.15, -0.1) is 0 Å². The lowest BCUT2D eigenvalue weighted by atomic mass is 9.96. The number of para-hydroxylation sites is 2. The summed E-state index contributed by atoms with van der Waals surface area (Å²) in [6.07, 6.45) is 3.10. The molecule has 0 atom stereocenters. The summed E-state index contributed by atoms with van der Waals surface area (Å²) < 4.78 is 0.314. The zero-order valence-electron chi connectivity index (χ0n) is 17.8. The number of rotatable bonds is 6. The van der Waals surface area contributed by atoms with Crippen molar-refractivity contribution in [1.82, 2.24) is 9.38 Å². The summed E-state index contributed by atoms with van der Waals surface area (Å²) in [5.41, 5.74) is 3.53. The van der Waals surface area contributed by atoms with E-state index in [9.17, 15) is 4.79 Å². The van der Waals surface area contributed by atoms with Crippen molar-refractivity contribution in [1.29, 1.82) is 0 Å². The van der Waals surface area contributed by atoms with E-state index in [1.54, 1.807) is 6.92 Å². The Kier molecular flexibility index (Phi) is 6.41. The molecule has 0 bridgehead atoms. The molecule has 0 spiro atoms. The van der Waals surface area contributed by atoms with Crippen LogP contribution in [0, 0.1) is 0 Å². The van der Waals surface area contributed by atoms with Gasteiger partial charge in [0.05, 0.1) is 6.92 Å². The van der Waals surface area contributed by atoms with Gasteiger partial charge in [0.25, 0.3) is 0 Å². The van der Waals surface area contributed by atoms with Crippen LogP contribution in [0.5, 0.6) is 0 Å². The molecule has 1 fully saturated rings. The fourth-order valence-corrected chi connectivity index (χ4v) is 4.98. The van der Waals surface area contributed by atoms with Gasteiger partial charge >= 0.3 is 5.91 Å². The first-order valence-corrected chi connectivity index (χ1v) is 11.0. The SMILES string of the molecule is CC(=O)[N+](c1ccccc1)(c1ccccc1)C1CCN(CCc2ccccc2)CC1. The Morgan fingerprint density at radius 2 is 1.27 bits per heavy atom. The maximum atomic E-state index is 13.3. The van der Waals surface area contributed by atoms with E-state index in [0.717, 1.165) is 50.3 Å². The molecular weight excluding hydrogens is 368 g/mol. The van der Waals surface area contributed by atoms with E-state index in [-0.39, 0.29) is 11.9 Å². The molecule has 0 N–H and O–H groups in total. The maximum Gasteiger partial charge on any atom is 0.320 e. The first-order chi connectivity index (χ1) is 14.7. The molecule has 1 aliphatic rings. The number of benzene rings is 3. The molecule has 3 nitrogen and oxygen atoms in total. The second-order valence-electron chi connectivity index (χ2n) is 8.22. The van der Waals surface area contributed by atoms with Crippen LogP contribution in [0.25, 0.3) is 0 Å². The highest BCUT2D eigenvalue weighted by molar-refractivity contribution is 5.94. The number of nitrogens with zero attached hydrogens (tertiary/aromatic N) is 2. The lowest BCUT2D eigenvalue weighted by Gasteiger charge is -2.44. The molecule has 0 unspecified atom stereocenters. The van der Waals surface area contributed by atoms with Crippen molar-refractivity contribution in [3.8, 4) is 0 Å². The average molecular weight is 400 g/mol. The third-order valence-corrected chi connectivity index (χ3v) is 6.49. The number of carbonyl (C=O) groups is 1. The van der Waals surface area contributed by atoms with Crippen molar-refractivity contribution in [2.24, 2.45) is 0 Å². The van der Waals surface area contributed by atoms with Crippen molar-refractivity contribution < 1.29 is 4.79 Å². The number of hydrogen-bond acceptors (Lipinski definition) is 2. The van der Waals surface area contributed by atoms with Crippen molar-refractivity contribution in [3.05, 3.63) is 96.6 Å². The van der Waals surface area contributed by atoms with Gasteiger partial charge < -0.3 is 4.90 Å². The van der Waals surface area contributed by atoms with E-state index >= 15 is 0 Å². The smallest absolute Gasteiger partial charge is 0.303 e. The van der Waals surface area contributed by atoms with Crippen LogP contribution in [0.2, 0.25) is 0 Å². The second-order valence-corrected chi connectivity index (χ2v) is 8.22. The molecule has 0 aliphatic carbocycles. The van der Waals surface area contributed by atoms with Crippen LogP contribution in [0.3, 0.4) is 0 Å². The first-order valence-electron chi connectivity index (χ1n) is 11.0. The van der Waals surface area contributed by atoms with Gasteiger partial charge in [0.2, 0.25) is 0 Å². The molecular formula is C27H31N2O+. The summed E-state index contributed by atoms with van der Waals surface area (Å²) in [7, 11) is 0. The standard InChI is InChI=1S/C27H31N2O/c1-23(30)29(25-13-7-3-8-14-25,26-15-9-4-10-16-26)27-18-21-28(22-19-27)20-17-24-11-5-2-6-12-24/h2-16,27H,17-22H2,1H3/q+1. The van der Waals surface area contributed by atoms with Crippen molar-refractivity contribution in [2.75, 3.05) is 19.6 Å². The third kappa shape index (κ3) is 4.09. The normalized spacial score (nSPS) is 15.8. The van der Waals surface area contributed by atoms with Gasteiger partial charge in [-0.3, -0.25) is 0 Å². The molecule has 1 heterocycles. The van der Waals surface area contributed by atoms with Gasteiger partial charge in [0.15, 0.2) is 0 Å². The van der Waals surface area contributed by atoms with Gasteiger partial charge in [0, 0.05) is 56.7 Å². The lowest BCUT2D eigenvalue weighted by molar-refractivity contribution is -0.127. The molecule has 0 saturated carbocycles.